The fourth-order valence-electron chi connectivity index (χ4n) is 3.97. The lowest BCUT2D eigenvalue weighted by Crippen LogP contribution is -2.23. The molecule has 0 saturated carbocycles. The van der Waals surface area contributed by atoms with Crippen LogP contribution in [0.2, 0.25) is 5.15 Å². The summed E-state index contributed by atoms with van der Waals surface area (Å²) in [7, 11) is -0.108. The first-order valence-electron chi connectivity index (χ1n) is 11.2. The average Bonchev–Trinajstić information content (AvgIpc) is 3.26. The van der Waals surface area contributed by atoms with Crippen molar-refractivity contribution in [2.24, 2.45) is 0 Å². The summed E-state index contributed by atoms with van der Waals surface area (Å²) in [6, 6.07) is 11.5. The van der Waals surface area contributed by atoms with E-state index < -0.39 is 32.8 Å². The molecule has 0 bridgehead atoms. The normalized spacial score (nSPS) is 12.0. The average molecular weight is 583 g/mol. The zero-order valence-electron chi connectivity index (χ0n) is 20.8. The molecule has 0 aliphatic rings. The predicted molar refractivity (Wildman–Crippen MR) is 139 cm³/mol. The molecule has 2 aromatic carbocycles. The van der Waals surface area contributed by atoms with Gasteiger partial charge in [0.05, 0.1) is 35.3 Å². The van der Waals surface area contributed by atoms with Gasteiger partial charge in [-0.1, -0.05) is 23.7 Å². The highest BCUT2D eigenvalue weighted by Gasteiger charge is 2.32. The molecule has 206 valence electrons. The topological polar surface area (TPSA) is 105 Å². The van der Waals surface area contributed by atoms with Gasteiger partial charge in [0.1, 0.15) is 0 Å². The number of carboxylic acid groups (broad SMARTS) is 1. The van der Waals surface area contributed by atoms with Gasteiger partial charge in [-0.05, 0) is 42.0 Å². The first kappa shape index (κ1) is 28.0. The number of nitrogens with zero attached hydrogens (tertiary/aromatic N) is 4. The Hall–Kier alpha value is -3.97. The molecule has 0 atom stereocenters. The minimum atomic E-state index is -4.75. The highest BCUT2D eigenvalue weighted by Crippen LogP contribution is 2.36. The Kier molecular flexibility index (Phi) is 7.41. The summed E-state index contributed by atoms with van der Waals surface area (Å²) in [6.07, 6.45) is -4.78. The number of alkyl halides is 3. The van der Waals surface area contributed by atoms with Crippen LogP contribution >= 0.6 is 11.6 Å². The third kappa shape index (κ3) is 5.45. The number of halogens is 4. The van der Waals surface area contributed by atoms with Gasteiger partial charge in [-0.3, -0.25) is 0 Å². The van der Waals surface area contributed by atoms with E-state index in [0.717, 1.165) is 27.1 Å². The second-order valence-corrected chi connectivity index (χ2v) is 10.7. The monoisotopic (exact) mass is 582 g/mol. The second kappa shape index (κ2) is 10.3. The minimum absolute atomic E-state index is 0.118. The van der Waals surface area contributed by atoms with Crippen molar-refractivity contribution in [1.29, 1.82) is 0 Å². The highest BCUT2D eigenvalue weighted by atomic mass is 35.5. The summed E-state index contributed by atoms with van der Waals surface area (Å²) in [5.41, 5.74) is 0.300. The molecule has 0 fully saturated rings. The van der Waals surface area contributed by atoms with Crippen LogP contribution in [0.1, 0.15) is 11.1 Å². The molecule has 0 aliphatic carbocycles. The van der Waals surface area contributed by atoms with E-state index in [9.17, 15) is 31.5 Å². The van der Waals surface area contributed by atoms with Crippen molar-refractivity contribution in [3.05, 3.63) is 77.1 Å². The molecule has 1 N–H and O–H groups in total. The van der Waals surface area contributed by atoms with E-state index in [1.54, 1.807) is 36.2 Å². The Labute approximate surface area is 226 Å². The maximum atomic E-state index is 13.6. The van der Waals surface area contributed by atoms with E-state index in [4.69, 9.17) is 16.3 Å². The molecular weight excluding hydrogens is 561 g/mol. The van der Waals surface area contributed by atoms with Crippen molar-refractivity contribution in [3.63, 3.8) is 0 Å². The van der Waals surface area contributed by atoms with Gasteiger partial charge in [-0.2, -0.15) is 18.2 Å². The molecule has 0 unspecified atom stereocenters. The molecule has 9 nitrogen and oxygen atoms in total. The van der Waals surface area contributed by atoms with Crippen molar-refractivity contribution < 1.29 is 36.2 Å². The summed E-state index contributed by atoms with van der Waals surface area (Å²) in [5.74, 6) is 0.292. The largest absolute Gasteiger partial charge is 0.481 e. The fourth-order valence-corrected chi connectivity index (χ4v) is 5.67. The van der Waals surface area contributed by atoms with Crippen molar-refractivity contribution in [1.82, 2.24) is 13.9 Å². The summed E-state index contributed by atoms with van der Waals surface area (Å²) in [6.45, 7) is -0.166. The van der Waals surface area contributed by atoms with Crippen LogP contribution in [0.5, 0.6) is 5.88 Å². The molecule has 1 amide bonds. The summed E-state index contributed by atoms with van der Waals surface area (Å²) in [5, 5.41) is 9.85. The summed E-state index contributed by atoms with van der Waals surface area (Å²) in [4.78, 5) is 17.6. The van der Waals surface area contributed by atoms with Gasteiger partial charge in [0.25, 0.3) is 10.0 Å². The van der Waals surface area contributed by atoms with Gasteiger partial charge >= 0.3 is 12.3 Å². The molecule has 2 heterocycles. The van der Waals surface area contributed by atoms with Gasteiger partial charge in [0.15, 0.2) is 5.15 Å². The third-order valence-corrected chi connectivity index (χ3v) is 8.00. The highest BCUT2D eigenvalue weighted by molar-refractivity contribution is 7.90. The van der Waals surface area contributed by atoms with E-state index in [1.807, 2.05) is 0 Å². The molecular formula is C25H22ClF3N4O5S. The van der Waals surface area contributed by atoms with Gasteiger partial charge < -0.3 is 19.6 Å². The first-order valence-corrected chi connectivity index (χ1v) is 13.0. The Bertz CT molecular complexity index is 1670. The maximum absolute atomic E-state index is 13.6. The van der Waals surface area contributed by atoms with Crippen LogP contribution in [0.4, 0.5) is 29.3 Å². The van der Waals surface area contributed by atoms with Crippen LogP contribution in [0.3, 0.4) is 0 Å². The molecule has 2 aromatic heterocycles. The molecule has 4 rings (SSSR count). The third-order valence-electron chi connectivity index (χ3n) is 6.05. The quantitative estimate of drug-likeness (QED) is 0.273. The van der Waals surface area contributed by atoms with Crippen LogP contribution in [-0.4, -0.2) is 54.7 Å². The first-order chi connectivity index (χ1) is 18.2. The number of amides is 1. The molecule has 14 heteroatoms. The molecule has 0 saturated heterocycles. The van der Waals surface area contributed by atoms with Crippen LogP contribution in [-0.2, 0) is 22.7 Å². The van der Waals surface area contributed by atoms with Gasteiger partial charge in [-0.15, -0.1) is 0 Å². The van der Waals surface area contributed by atoms with Crippen LogP contribution in [0.25, 0.3) is 10.9 Å². The number of pyridine rings is 1. The molecule has 0 aliphatic heterocycles. The van der Waals surface area contributed by atoms with E-state index in [0.29, 0.717) is 34.3 Å². The van der Waals surface area contributed by atoms with Crippen molar-refractivity contribution in [2.75, 3.05) is 26.1 Å². The number of benzene rings is 2. The van der Waals surface area contributed by atoms with Crippen molar-refractivity contribution >= 4 is 50.0 Å². The summed E-state index contributed by atoms with van der Waals surface area (Å²) < 4.78 is 73.2. The predicted octanol–water partition coefficient (Wildman–Crippen LogP) is 5.83. The van der Waals surface area contributed by atoms with Gasteiger partial charge in [0, 0.05) is 37.4 Å². The molecule has 39 heavy (non-hydrogen) atoms. The van der Waals surface area contributed by atoms with E-state index in [2.05, 4.69) is 4.98 Å². The van der Waals surface area contributed by atoms with Crippen molar-refractivity contribution in [2.45, 2.75) is 17.6 Å². The Morgan fingerprint density at radius 2 is 1.85 bits per heavy atom. The zero-order chi connectivity index (χ0) is 28.7. The number of carbonyl (C=O) groups is 1. The lowest BCUT2D eigenvalue weighted by atomic mass is 10.1. The van der Waals surface area contributed by atoms with Gasteiger partial charge in [0.2, 0.25) is 5.88 Å². The molecule has 0 spiro atoms. The Balaban J connectivity index is 1.90. The number of aromatic nitrogens is 2. The number of fused-ring (bicyclic) bond motifs is 1. The lowest BCUT2D eigenvalue weighted by molar-refractivity contribution is -0.137. The Morgan fingerprint density at radius 3 is 2.46 bits per heavy atom. The number of hydrogen-bond acceptors (Lipinski definition) is 6. The SMILES string of the molecule is COc1ccc(N(C)c2ccc3c(CN(C)C(=O)O)cn(S(=O)(=O)c4cccc(C(F)(F)F)c4)c3c2)c(Cl)n1. The number of methoxy groups -OCH3 is 1. The van der Waals surface area contributed by atoms with E-state index in [1.165, 1.54) is 26.4 Å². The number of hydrogen-bond donors (Lipinski definition) is 1. The number of anilines is 2. The van der Waals surface area contributed by atoms with Crippen molar-refractivity contribution in [3.8, 4) is 5.88 Å². The van der Waals surface area contributed by atoms with Crippen LogP contribution in [0.15, 0.2) is 65.7 Å². The molecule has 0 radical (unpaired) electrons. The standard InChI is InChI=1S/C25H22ClF3N4O5S/c1-31(24(34)35)13-15-14-33(39(36,37)18-6-4-5-16(11-18)25(27,28)29)21-12-17(7-8-19(15)21)32(2)20-9-10-22(38-3)30-23(20)26/h4-12,14H,13H2,1-3H3,(H,34,35). The summed E-state index contributed by atoms with van der Waals surface area (Å²) >= 11 is 6.31. The van der Waals surface area contributed by atoms with E-state index in [-0.39, 0.29) is 17.2 Å². The maximum Gasteiger partial charge on any atom is 0.416 e. The number of rotatable bonds is 7. The molecule has 4 aromatic rings. The smallest absolute Gasteiger partial charge is 0.416 e. The Morgan fingerprint density at radius 1 is 1.13 bits per heavy atom. The van der Waals surface area contributed by atoms with Gasteiger partial charge in [-0.25, -0.2) is 17.2 Å². The van der Waals surface area contributed by atoms with Crippen LogP contribution < -0.4 is 9.64 Å². The lowest BCUT2D eigenvalue weighted by Gasteiger charge is -2.21. The number of ether oxygens (including phenoxy) is 1. The minimum Gasteiger partial charge on any atom is -0.481 e. The second-order valence-electron chi connectivity index (χ2n) is 8.54. The van der Waals surface area contributed by atoms with E-state index >= 15 is 0 Å². The van der Waals surface area contributed by atoms with Crippen LogP contribution in [0, 0.1) is 0 Å². The fraction of sp³-hybridized carbons (Fsp3) is 0.200. The zero-order valence-corrected chi connectivity index (χ0v) is 22.3.